The van der Waals surface area contributed by atoms with Gasteiger partial charge < -0.3 is 9.47 Å². The van der Waals surface area contributed by atoms with Crippen LogP contribution in [0.15, 0.2) is 48.8 Å². The Morgan fingerprint density at radius 2 is 1.94 bits per heavy atom. The second-order valence-electron chi connectivity index (χ2n) is 8.04. The molecule has 188 valence electrons. The van der Waals surface area contributed by atoms with Gasteiger partial charge in [-0.05, 0) is 30.3 Å². The number of carbonyl (C=O) groups is 1. The van der Waals surface area contributed by atoms with Crippen LogP contribution in [-0.2, 0) is 23.3 Å². The lowest BCUT2D eigenvalue weighted by Crippen LogP contribution is -2.53. The number of hydrogen-bond donors (Lipinski definition) is 1. The highest BCUT2D eigenvalue weighted by atomic mass is 32.2. The fraction of sp³-hybridized carbons (Fsp3) is 0.227. The van der Waals surface area contributed by atoms with Crippen LogP contribution in [0.5, 0.6) is 17.4 Å². The molecule has 2 aliphatic heterocycles. The summed E-state index contributed by atoms with van der Waals surface area (Å²) in [6.45, 7) is -0.825. The Balaban J connectivity index is 1.29. The summed E-state index contributed by atoms with van der Waals surface area (Å²) in [5.74, 6) is -2.04. The van der Waals surface area contributed by atoms with Gasteiger partial charge in [-0.25, -0.2) is 27.9 Å². The van der Waals surface area contributed by atoms with Crippen LogP contribution in [0.4, 0.5) is 23.8 Å². The third-order valence-electron chi connectivity index (χ3n) is 5.49. The predicted octanol–water partition coefficient (Wildman–Crippen LogP) is 3.37. The molecular weight excluding hydrogens is 503 g/mol. The van der Waals surface area contributed by atoms with E-state index in [2.05, 4.69) is 9.97 Å². The molecule has 10 nitrogen and oxygen atoms in total. The molecule has 0 atom stereocenters. The molecule has 0 bridgehead atoms. The topological polar surface area (TPSA) is 114 Å². The van der Waals surface area contributed by atoms with Crippen LogP contribution in [0.2, 0.25) is 0 Å². The van der Waals surface area contributed by atoms with E-state index in [4.69, 9.17) is 9.47 Å². The number of amides is 1. The summed E-state index contributed by atoms with van der Waals surface area (Å²) in [6.07, 6.45) is 0.510. The van der Waals surface area contributed by atoms with E-state index in [0.717, 1.165) is 4.31 Å². The maximum atomic E-state index is 15.0. The van der Waals surface area contributed by atoms with Crippen molar-refractivity contribution in [3.05, 3.63) is 71.6 Å². The van der Waals surface area contributed by atoms with Crippen molar-refractivity contribution in [2.24, 2.45) is 0 Å². The molecule has 0 saturated carbocycles. The minimum absolute atomic E-state index is 0.0133. The van der Waals surface area contributed by atoms with Gasteiger partial charge in [-0.1, -0.05) is 0 Å². The van der Waals surface area contributed by atoms with Crippen molar-refractivity contribution < 1.29 is 35.9 Å². The van der Waals surface area contributed by atoms with Crippen LogP contribution in [0.1, 0.15) is 11.1 Å². The van der Waals surface area contributed by atoms with Crippen LogP contribution in [0.3, 0.4) is 0 Å². The number of alkyl halides is 1. The van der Waals surface area contributed by atoms with Crippen molar-refractivity contribution in [2.45, 2.75) is 19.3 Å². The normalized spacial score (nSPS) is 16.2. The molecule has 0 radical (unpaired) electrons. The fourth-order valence-corrected chi connectivity index (χ4v) is 4.82. The third kappa shape index (κ3) is 4.77. The standard InChI is InChI=1S/C22H18F3N5O5S/c23-15-11-30(12-15)36(32,33)28-20-19(25)14(5-7-26-20)10-29-9-13-3-4-16(8-18(13)35-22(29)31)34-21-17(24)2-1-6-27-21/h1-8,15H,9-12H2,(H,26,28). The number of benzene rings is 1. The molecule has 5 rings (SSSR count). The SMILES string of the molecule is O=C1Oc2cc(Oc3ncccc3F)ccc2CN1Cc1ccnc(NS(=O)(=O)N2CC(F)C2)c1F. The van der Waals surface area contributed by atoms with E-state index in [9.17, 15) is 22.0 Å². The molecule has 1 fully saturated rings. The van der Waals surface area contributed by atoms with E-state index in [0.29, 0.717) is 5.56 Å². The summed E-state index contributed by atoms with van der Waals surface area (Å²) in [7, 11) is -4.17. The molecular formula is C22H18F3N5O5S. The number of pyridine rings is 2. The molecule has 0 aliphatic carbocycles. The first-order valence-electron chi connectivity index (χ1n) is 10.6. The van der Waals surface area contributed by atoms with Gasteiger partial charge in [0.2, 0.25) is 0 Å². The second kappa shape index (κ2) is 9.28. The lowest BCUT2D eigenvalue weighted by Gasteiger charge is -2.33. The summed E-state index contributed by atoms with van der Waals surface area (Å²) in [5.41, 5.74) is 0.568. The minimum Gasteiger partial charge on any atom is -0.436 e. The number of nitrogens with zero attached hydrogens (tertiary/aromatic N) is 4. The van der Waals surface area contributed by atoms with Crippen LogP contribution in [0, 0.1) is 11.6 Å². The first-order chi connectivity index (χ1) is 17.2. The predicted molar refractivity (Wildman–Crippen MR) is 119 cm³/mol. The van der Waals surface area contributed by atoms with Crippen LogP contribution in [0.25, 0.3) is 0 Å². The Kier molecular flexibility index (Phi) is 6.14. The molecule has 1 N–H and O–H groups in total. The Morgan fingerprint density at radius 3 is 2.69 bits per heavy atom. The summed E-state index contributed by atoms with van der Waals surface area (Å²) in [5, 5.41) is 0. The summed E-state index contributed by atoms with van der Waals surface area (Å²) in [4.78, 5) is 21.3. The highest BCUT2D eigenvalue weighted by Gasteiger charge is 2.36. The number of rotatable bonds is 7. The monoisotopic (exact) mass is 521 g/mol. The number of halogens is 3. The minimum atomic E-state index is -4.17. The van der Waals surface area contributed by atoms with Gasteiger partial charge in [0.1, 0.15) is 17.7 Å². The Bertz CT molecular complexity index is 1440. The van der Waals surface area contributed by atoms with Crippen molar-refractivity contribution in [1.82, 2.24) is 19.2 Å². The highest BCUT2D eigenvalue weighted by Crippen LogP contribution is 2.33. The van der Waals surface area contributed by atoms with Crippen molar-refractivity contribution in [3.8, 4) is 17.4 Å². The zero-order chi connectivity index (χ0) is 25.4. The fourth-order valence-electron chi connectivity index (χ4n) is 3.59. The van der Waals surface area contributed by atoms with E-state index in [-0.39, 0.29) is 49.1 Å². The van der Waals surface area contributed by atoms with E-state index in [1.54, 1.807) is 12.1 Å². The third-order valence-corrected chi connectivity index (χ3v) is 6.92. The van der Waals surface area contributed by atoms with Crippen LogP contribution < -0.4 is 14.2 Å². The molecule has 1 amide bonds. The first-order valence-corrected chi connectivity index (χ1v) is 12.1. The average Bonchev–Trinajstić information content (AvgIpc) is 2.81. The van der Waals surface area contributed by atoms with E-state index in [1.807, 2.05) is 4.72 Å². The van der Waals surface area contributed by atoms with Crippen molar-refractivity contribution in [1.29, 1.82) is 0 Å². The van der Waals surface area contributed by atoms with E-state index < -0.39 is 39.9 Å². The van der Waals surface area contributed by atoms with Crippen molar-refractivity contribution in [2.75, 3.05) is 17.8 Å². The molecule has 2 aromatic heterocycles. The van der Waals surface area contributed by atoms with Gasteiger partial charge in [0, 0.05) is 42.7 Å². The Morgan fingerprint density at radius 1 is 1.14 bits per heavy atom. The van der Waals surface area contributed by atoms with Gasteiger partial charge in [0.05, 0.1) is 13.1 Å². The number of hydrogen-bond acceptors (Lipinski definition) is 7. The summed E-state index contributed by atoms with van der Waals surface area (Å²) >= 11 is 0. The summed E-state index contributed by atoms with van der Waals surface area (Å²) in [6, 6.07) is 8.48. The zero-order valence-electron chi connectivity index (χ0n) is 18.4. The molecule has 2 aliphatic rings. The Labute approximate surface area is 203 Å². The van der Waals surface area contributed by atoms with Gasteiger partial charge >= 0.3 is 16.3 Å². The number of nitrogens with one attached hydrogen (secondary N) is 1. The molecule has 36 heavy (non-hydrogen) atoms. The number of fused-ring (bicyclic) bond motifs is 1. The van der Waals surface area contributed by atoms with Crippen molar-refractivity contribution >= 4 is 22.1 Å². The average molecular weight is 521 g/mol. The van der Waals surface area contributed by atoms with Gasteiger partial charge in [-0.15, -0.1) is 0 Å². The Hall–Kier alpha value is -3.91. The molecule has 0 unspecified atom stereocenters. The molecule has 1 saturated heterocycles. The first kappa shape index (κ1) is 23.8. The quantitative estimate of drug-likeness (QED) is 0.507. The van der Waals surface area contributed by atoms with E-state index >= 15 is 4.39 Å². The van der Waals surface area contributed by atoms with Gasteiger partial charge in [-0.2, -0.15) is 12.7 Å². The molecule has 3 aromatic rings. The van der Waals surface area contributed by atoms with Gasteiger partial charge in [-0.3, -0.25) is 9.62 Å². The maximum absolute atomic E-state index is 15.0. The zero-order valence-corrected chi connectivity index (χ0v) is 19.2. The molecule has 0 spiro atoms. The lowest BCUT2D eigenvalue weighted by atomic mass is 10.1. The second-order valence-corrected chi connectivity index (χ2v) is 9.71. The molecule has 14 heteroatoms. The molecule has 4 heterocycles. The maximum Gasteiger partial charge on any atom is 0.415 e. The highest BCUT2D eigenvalue weighted by molar-refractivity contribution is 7.90. The van der Waals surface area contributed by atoms with Crippen LogP contribution >= 0.6 is 0 Å². The smallest absolute Gasteiger partial charge is 0.415 e. The van der Waals surface area contributed by atoms with Crippen LogP contribution in [-0.4, -0.2) is 52.9 Å². The number of ether oxygens (including phenoxy) is 2. The largest absolute Gasteiger partial charge is 0.436 e. The molecule has 1 aromatic carbocycles. The van der Waals surface area contributed by atoms with Gasteiger partial charge in [0.15, 0.2) is 17.5 Å². The number of aromatic nitrogens is 2. The van der Waals surface area contributed by atoms with Gasteiger partial charge in [0.25, 0.3) is 5.88 Å². The number of carbonyl (C=O) groups excluding carboxylic acids is 1. The number of anilines is 1. The lowest BCUT2D eigenvalue weighted by molar-refractivity contribution is 0.134. The summed E-state index contributed by atoms with van der Waals surface area (Å²) < 4.78 is 79.9. The van der Waals surface area contributed by atoms with Crippen molar-refractivity contribution in [3.63, 3.8) is 0 Å². The van der Waals surface area contributed by atoms with E-state index in [1.165, 1.54) is 41.6 Å².